The Morgan fingerprint density at radius 1 is 0.431 bits per heavy atom. The number of rotatable bonds is 7. The highest BCUT2D eigenvalue weighted by molar-refractivity contribution is 7.85. The Hall–Kier alpha value is -6.28. The number of pyridine rings is 1. The monoisotopic (exact) mass is 673 g/mol. The summed E-state index contributed by atoms with van der Waals surface area (Å²) in [6.07, 6.45) is 0. The number of benzene rings is 7. The molecule has 0 saturated heterocycles. The molecule has 0 fully saturated rings. The lowest BCUT2D eigenvalue weighted by atomic mass is 9.94. The van der Waals surface area contributed by atoms with E-state index in [0.29, 0.717) is 0 Å². The second kappa shape index (κ2) is 12.9. The van der Waals surface area contributed by atoms with Gasteiger partial charge in [-0.15, -0.1) is 0 Å². The van der Waals surface area contributed by atoms with Gasteiger partial charge in [-0.05, 0) is 28.8 Å². The molecule has 0 N–H and O–H groups in total. The lowest BCUT2D eigenvalue weighted by molar-refractivity contribution is 0.592. The summed E-state index contributed by atoms with van der Waals surface area (Å²) in [4.78, 5) is 5.38. The summed E-state index contributed by atoms with van der Waals surface area (Å²) in [6, 6.07) is 65.2. The van der Waals surface area contributed by atoms with E-state index in [2.05, 4.69) is 91.0 Å². The Labute approximate surface area is 296 Å². The first kappa shape index (κ1) is 30.8. The van der Waals surface area contributed by atoms with E-state index in [1.807, 2.05) is 103 Å². The van der Waals surface area contributed by atoms with Gasteiger partial charge in [0.2, 0.25) is 0 Å². The molecule has 0 aliphatic carbocycles. The first-order valence-electron chi connectivity index (χ1n) is 17.1. The van der Waals surface area contributed by atoms with Crippen molar-refractivity contribution in [1.29, 1.82) is 0 Å². The fourth-order valence-corrected chi connectivity index (χ4v) is 9.73. The van der Waals surface area contributed by atoms with Crippen molar-refractivity contribution in [2.45, 2.75) is 0 Å². The molecule has 0 bridgehead atoms. The van der Waals surface area contributed by atoms with Crippen LogP contribution in [0.15, 0.2) is 199 Å². The SMILES string of the molecule is O=P(c1ccccc1)(c1ccccc1)c1ccc(-c2ccc3c(c2)nc(-c2ccccc2)c2c(-c4ccccc4)c(-c4ccccc4)oc23)cc1. The van der Waals surface area contributed by atoms with Gasteiger partial charge in [0.15, 0.2) is 7.14 Å². The maximum Gasteiger partial charge on any atom is 0.171 e. The molecule has 51 heavy (non-hydrogen) atoms. The van der Waals surface area contributed by atoms with E-state index in [1.165, 1.54) is 0 Å². The van der Waals surface area contributed by atoms with E-state index in [1.54, 1.807) is 0 Å². The fourth-order valence-electron chi connectivity index (χ4n) is 7.08. The summed E-state index contributed by atoms with van der Waals surface area (Å²) in [5.41, 5.74) is 8.72. The van der Waals surface area contributed by atoms with Crippen LogP contribution in [-0.2, 0) is 4.57 Å². The molecule has 2 aromatic heterocycles. The molecule has 3 nitrogen and oxygen atoms in total. The first-order valence-corrected chi connectivity index (χ1v) is 18.8. The van der Waals surface area contributed by atoms with Crippen LogP contribution in [0, 0.1) is 0 Å². The molecule has 0 amide bonds. The zero-order chi connectivity index (χ0) is 34.2. The quantitative estimate of drug-likeness (QED) is 0.158. The number of fused-ring (bicyclic) bond motifs is 3. The molecule has 0 unspecified atom stereocenters. The van der Waals surface area contributed by atoms with Crippen LogP contribution in [-0.4, -0.2) is 4.98 Å². The summed E-state index contributed by atoms with van der Waals surface area (Å²) in [7, 11) is -3.07. The van der Waals surface area contributed by atoms with Gasteiger partial charge in [-0.3, -0.25) is 0 Å². The number of aromatic nitrogens is 1. The molecule has 0 saturated carbocycles. The first-order chi connectivity index (χ1) is 25.2. The molecule has 9 aromatic rings. The average molecular weight is 674 g/mol. The Kier molecular flexibility index (Phi) is 7.76. The molecule has 7 aromatic carbocycles. The van der Waals surface area contributed by atoms with Gasteiger partial charge in [0.1, 0.15) is 11.3 Å². The Morgan fingerprint density at radius 3 is 1.47 bits per heavy atom. The lowest BCUT2D eigenvalue weighted by Gasteiger charge is -2.20. The van der Waals surface area contributed by atoms with Gasteiger partial charge < -0.3 is 8.98 Å². The maximum atomic E-state index is 15.0. The molecule has 242 valence electrons. The van der Waals surface area contributed by atoms with Gasteiger partial charge in [-0.2, -0.15) is 0 Å². The second-order valence-corrected chi connectivity index (χ2v) is 15.4. The van der Waals surface area contributed by atoms with E-state index in [-0.39, 0.29) is 0 Å². The molecule has 2 heterocycles. The zero-order valence-corrected chi connectivity index (χ0v) is 28.6. The zero-order valence-electron chi connectivity index (χ0n) is 27.7. The highest BCUT2D eigenvalue weighted by atomic mass is 31.2. The molecule has 0 aliphatic heterocycles. The minimum Gasteiger partial charge on any atom is -0.455 e. The molecule has 9 rings (SSSR count). The van der Waals surface area contributed by atoms with Crippen LogP contribution < -0.4 is 15.9 Å². The van der Waals surface area contributed by atoms with Gasteiger partial charge >= 0.3 is 0 Å². The Morgan fingerprint density at radius 2 is 0.902 bits per heavy atom. The summed E-state index contributed by atoms with van der Waals surface area (Å²) in [6.45, 7) is 0. The minimum absolute atomic E-state index is 0.799. The summed E-state index contributed by atoms with van der Waals surface area (Å²) in [5, 5.41) is 4.38. The van der Waals surface area contributed by atoms with Crippen molar-refractivity contribution in [3.05, 3.63) is 194 Å². The third-order valence-corrected chi connectivity index (χ3v) is 12.6. The van der Waals surface area contributed by atoms with Crippen LogP contribution >= 0.6 is 7.14 Å². The molecule has 4 heteroatoms. The van der Waals surface area contributed by atoms with E-state index in [9.17, 15) is 4.57 Å². The summed E-state index contributed by atoms with van der Waals surface area (Å²) < 4.78 is 21.9. The van der Waals surface area contributed by atoms with Crippen molar-refractivity contribution in [2.75, 3.05) is 0 Å². The van der Waals surface area contributed by atoms with Gasteiger partial charge in [0.25, 0.3) is 0 Å². The Bertz CT molecular complexity index is 2630. The van der Waals surface area contributed by atoms with Crippen molar-refractivity contribution in [3.63, 3.8) is 0 Å². The Balaban J connectivity index is 1.23. The van der Waals surface area contributed by atoms with Gasteiger partial charge in [-0.1, -0.05) is 182 Å². The van der Waals surface area contributed by atoms with Crippen LogP contribution in [0.5, 0.6) is 0 Å². The molecule has 0 radical (unpaired) electrons. The molecule has 0 aliphatic rings. The number of furan rings is 1. The maximum absolute atomic E-state index is 15.0. The predicted octanol–water partition coefficient (Wildman–Crippen LogP) is 11.3. The molecule has 0 spiro atoms. The molecular formula is C47H32NO2P. The predicted molar refractivity (Wildman–Crippen MR) is 213 cm³/mol. The van der Waals surface area contributed by atoms with Crippen molar-refractivity contribution in [2.24, 2.45) is 0 Å². The molecular weight excluding hydrogens is 641 g/mol. The number of hydrogen-bond donors (Lipinski definition) is 0. The van der Waals surface area contributed by atoms with E-state index in [4.69, 9.17) is 9.40 Å². The smallest absolute Gasteiger partial charge is 0.171 e. The lowest BCUT2D eigenvalue weighted by Crippen LogP contribution is -2.24. The summed E-state index contributed by atoms with van der Waals surface area (Å²) in [5.74, 6) is 0.823. The minimum atomic E-state index is -3.07. The van der Waals surface area contributed by atoms with Crippen molar-refractivity contribution in [3.8, 4) is 44.8 Å². The van der Waals surface area contributed by atoms with Gasteiger partial charge in [-0.25, -0.2) is 4.98 Å². The standard InChI is InChI=1S/C47H32NO2P/c49-51(38-22-12-4-13-23-38,39-24-14-5-15-25-39)40-29-26-33(27-30-40)37-28-31-41-42(32-37)48-45(35-18-8-2-9-19-35)44-43(34-16-6-1-7-17-34)46(50-47(41)44)36-20-10-3-11-21-36/h1-32H. The number of hydrogen-bond acceptors (Lipinski definition) is 3. The largest absolute Gasteiger partial charge is 0.455 e. The van der Waals surface area contributed by atoms with Gasteiger partial charge in [0, 0.05) is 38.0 Å². The topological polar surface area (TPSA) is 43.1 Å². The summed E-state index contributed by atoms with van der Waals surface area (Å²) >= 11 is 0. The van der Waals surface area contributed by atoms with E-state index >= 15 is 0 Å². The second-order valence-electron chi connectivity index (χ2n) is 12.6. The third kappa shape index (κ3) is 5.40. The normalized spacial score (nSPS) is 11.6. The van der Waals surface area contributed by atoms with Crippen LogP contribution in [0.4, 0.5) is 0 Å². The van der Waals surface area contributed by atoms with Gasteiger partial charge in [0.05, 0.1) is 16.6 Å². The van der Waals surface area contributed by atoms with Crippen molar-refractivity contribution in [1.82, 2.24) is 4.98 Å². The van der Waals surface area contributed by atoms with Crippen LogP contribution in [0.1, 0.15) is 0 Å². The fraction of sp³-hybridized carbons (Fsp3) is 0. The number of nitrogens with zero attached hydrogens (tertiary/aromatic N) is 1. The van der Waals surface area contributed by atoms with Crippen LogP contribution in [0.3, 0.4) is 0 Å². The highest BCUT2D eigenvalue weighted by Gasteiger charge is 2.29. The molecule has 0 atom stereocenters. The average Bonchev–Trinajstić information content (AvgIpc) is 3.63. The third-order valence-electron chi connectivity index (χ3n) is 9.57. The van der Waals surface area contributed by atoms with Crippen LogP contribution in [0.25, 0.3) is 66.7 Å². The van der Waals surface area contributed by atoms with E-state index in [0.717, 1.165) is 82.6 Å². The van der Waals surface area contributed by atoms with Crippen LogP contribution in [0.2, 0.25) is 0 Å². The highest BCUT2D eigenvalue weighted by Crippen LogP contribution is 2.47. The van der Waals surface area contributed by atoms with E-state index < -0.39 is 7.14 Å². The van der Waals surface area contributed by atoms with Crippen molar-refractivity contribution < 1.29 is 8.98 Å². The van der Waals surface area contributed by atoms with Crippen molar-refractivity contribution >= 4 is 44.9 Å².